The maximum absolute atomic E-state index is 13.5. The summed E-state index contributed by atoms with van der Waals surface area (Å²) >= 11 is 11.4. The van der Waals surface area contributed by atoms with Gasteiger partial charge in [0.2, 0.25) is 0 Å². The van der Waals surface area contributed by atoms with E-state index in [9.17, 15) is 17.6 Å². The van der Waals surface area contributed by atoms with Crippen molar-refractivity contribution in [2.75, 3.05) is 0 Å². The van der Waals surface area contributed by atoms with Gasteiger partial charge < -0.3 is 0 Å². The van der Waals surface area contributed by atoms with Crippen LogP contribution in [0, 0.1) is 23.3 Å². The van der Waals surface area contributed by atoms with E-state index in [1.54, 1.807) is 0 Å². The molecular weight excluding hydrogens is 303 g/mol. The molecule has 19 heavy (non-hydrogen) atoms. The van der Waals surface area contributed by atoms with Gasteiger partial charge in [-0.3, -0.25) is 0 Å². The third-order valence-corrected chi connectivity index (χ3v) is 3.31. The van der Waals surface area contributed by atoms with Crippen LogP contribution in [-0.2, 0) is 0 Å². The van der Waals surface area contributed by atoms with Crippen LogP contribution in [0.5, 0.6) is 0 Å². The van der Waals surface area contributed by atoms with Crippen LogP contribution in [0.15, 0.2) is 30.3 Å². The van der Waals surface area contributed by atoms with Crippen molar-refractivity contribution >= 4 is 23.2 Å². The summed E-state index contributed by atoms with van der Waals surface area (Å²) in [6, 6.07) is 4.56. The molecule has 6 heteroatoms. The van der Waals surface area contributed by atoms with E-state index >= 15 is 0 Å². The third-order valence-electron chi connectivity index (χ3n) is 2.53. The SMILES string of the molecule is Fc1cc(F)c(C(Cl)c2ccc(Cl)c(F)c2)c(F)c1. The lowest BCUT2D eigenvalue weighted by Gasteiger charge is -2.13. The van der Waals surface area contributed by atoms with E-state index in [1.165, 1.54) is 12.1 Å². The number of hydrogen-bond donors (Lipinski definition) is 0. The Hall–Kier alpha value is -1.26. The molecule has 0 N–H and O–H groups in total. The van der Waals surface area contributed by atoms with E-state index in [1.807, 2.05) is 0 Å². The first-order valence-electron chi connectivity index (χ1n) is 5.13. The van der Waals surface area contributed by atoms with Gasteiger partial charge in [-0.05, 0) is 17.7 Å². The monoisotopic (exact) mass is 308 g/mol. The average Bonchev–Trinajstić information content (AvgIpc) is 2.31. The molecule has 100 valence electrons. The minimum atomic E-state index is -1.28. The van der Waals surface area contributed by atoms with Crippen molar-refractivity contribution in [1.29, 1.82) is 0 Å². The molecule has 2 rings (SSSR count). The molecule has 0 spiro atoms. The van der Waals surface area contributed by atoms with Gasteiger partial charge in [-0.15, -0.1) is 11.6 Å². The molecule has 0 bridgehead atoms. The van der Waals surface area contributed by atoms with E-state index in [2.05, 4.69) is 0 Å². The molecule has 1 atom stereocenters. The van der Waals surface area contributed by atoms with Crippen LogP contribution >= 0.6 is 23.2 Å². The highest BCUT2D eigenvalue weighted by Crippen LogP contribution is 2.34. The number of alkyl halides is 1. The van der Waals surface area contributed by atoms with Crippen molar-refractivity contribution < 1.29 is 17.6 Å². The van der Waals surface area contributed by atoms with Crippen LogP contribution in [0.3, 0.4) is 0 Å². The molecule has 2 aromatic rings. The first-order valence-corrected chi connectivity index (χ1v) is 5.95. The van der Waals surface area contributed by atoms with Crippen molar-refractivity contribution in [1.82, 2.24) is 0 Å². The highest BCUT2D eigenvalue weighted by atomic mass is 35.5. The van der Waals surface area contributed by atoms with Gasteiger partial charge in [-0.25, -0.2) is 17.6 Å². The Morgan fingerprint density at radius 1 is 0.842 bits per heavy atom. The molecule has 0 aromatic heterocycles. The van der Waals surface area contributed by atoms with Crippen LogP contribution in [-0.4, -0.2) is 0 Å². The summed E-state index contributed by atoms with van der Waals surface area (Å²) in [6.07, 6.45) is 0. The first kappa shape index (κ1) is 14.2. The summed E-state index contributed by atoms with van der Waals surface area (Å²) in [5.74, 6) is -4.07. The summed E-state index contributed by atoms with van der Waals surface area (Å²) in [6.45, 7) is 0. The highest BCUT2D eigenvalue weighted by Gasteiger charge is 2.22. The maximum atomic E-state index is 13.5. The lowest BCUT2D eigenvalue weighted by atomic mass is 10.0. The van der Waals surface area contributed by atoms with E-state index in [-0.39, 0.29) is 10.6 Å². The molecule has 0 saturated heterocycles. The molecule has 0 aliphatic rings. The van der Waals surface area contributed by atoms with Crippen LogP contribution < -0.4 is 0 Å². The van der Waals surface area contributed by atoms with Gasteiger partial charge in [0.05, 0.1) is 10.4 Å². The highest BCUT2D eigenvalue weighted by molar-refractivity contribution is 6.30. The van der Waals surface area contributed by atoms with Crippen molar-refractivity contribution in [3.8, 4) is 0 Å². The molecule has 0 amide bonds. The van der Waals surface area contributed by atoms with Gasteiger partial charge in [-0.2, -0.15) is 0 Å². The fourth-order valence-electron chi connectivity index (χ4n) is 1.63. The molecule has 0 aliphatic heterocycles. The minimum absolute atomic E-state index is 0.118. The van der Waals surface area contributed by atoms with E-state index in [0.717, 1.165) is 6.07 Å². The molecule has 0 heterocycles. The number of benzene rings is 2. The van der Waals surface area contributed by atoms with Crippen LogP contribution in [0.4, 0.5) is 17.6 Å². The van der Waals surface area contributed by atoms with Gasteiger partial charge in [0.25, 0.3) is 0 Å². The second-order valence-corrected chi connectivity index (χ2v) is 4.66. The Bertz CT molecular complexity index is 605. The van der Waals surface area contributed by atoms with E-state index in [4.69, 9.17) is 23.2 Å². The predicted octanol–water partition coefficient (Wildman–Crippen LogP) is 5.22. The zero-order chi connectivity index (χ0) is 14.2. The molecule has 0 fully saturated rings. The summed E-state index contributed by atoms with van der Waals surface area (Å²) in [7, 11) is 0. The van der Waals surface area contributed by atoms with Gasteiger partial charge in [0, 0.05) is 17.7 Å². The standard InChI is InChI=1S/C13H6Cl2F4/c14-8-2-1-6(3-9(8)17)13(15)12-10(18)4-7(16)5-11(12)19/h1-5,13H. The first-order chi connectivity index (χ1) is 8.90. The molecule has 2 aromatic carbocycles. The van der Waals surface area contributed by atoms with E-state index in [0.29, 0.717) is 12.1 Å². The van der Waals surface area contributed by atoms with E-state index < -0.39 is 34.2 Å². The lowest BCUT2D eigenvalue weighted by Crippen LogP contribution is -2.02. The smallest absolute Gasteiger partial charge is 0.142 e. The molecule has 0 radical (unpaired) electrons. The molecule has 0 saturated carbocycles. The fraction of sp³-hybridized carbons (Fsp3) is 0.0769. The van der Waals surface area contributed by atoms with Crippen molar-refractivity contribution in [3.05, 3.63) is 69.8 Å². The Kier molecular flexibility index (Phi) is 4.02. The summed E-state index contributed by atoms with van der Waals surface area (Å²) in [5, 5.41) is -1.42. The van der Waals surface area contributed by atoms with Gasteiger partial charge in [0.15, 0.2) is 0 Å². The zero-order valence-corrected chi connectivity index (χ0v) is 10.7. The fourth-order valence-corrected chi connectivity index (χ4v) is 2.09. The van der Waals surface area contributed by atoms with Crippen LogP contribution in [0.2, 0.25) is 5.02 Å². The molecular formula is C13H6Cl2F4. The topological polar surface area (TPSA) is 0 Å². The third kappa shape index (κ3) is 2.85. The Morgan fingerprint density at radius 2 is 1.42 bits per heavy atom. The quantitative estimate of drug-likeness (QED) is 0.527. The number of hydrogen-bond acceptors (Lipinski definition) is 0. The second kappa shape index (κ2) is 5.39. The van der Waals surface area contributed by atoms with Gasteiger partial charge >= 0.3 is 0 Å². The molecule has 0 aliphatic carbocycles. The van der Waals surface area contributed by atoms with Crippen molar-refractivity contribution in [2.24, 2.45) is 0 Å². The van der Waals surface area contributed by atoms with Crippen LogP contribution in [0.1, 0.15) is 16.5 Å². The second-order valence-electron chi connectivity index (χ2n) is 3.82. The van der Waals surface area contributed by atoms with Crippen LogP contribution in [0.25, 0.3) is 0 Å². The predicted molar refractivity (Wildman–Crippen MR) is 65.4 cm³/mol. The number of rotatable bonds is 2. The Labute approximate surface area is 116 Å². The zero-order valence-electron chi connectivity index (χ0n) is 9.23. The van der Waals surface area contributed by atoms with Crippen molar-refractivity contribution in [2.45, 2.75) is 5.38 Å². The number of halogens is 6. The summed E-state index contributed by atoms with van der Waals surface area (Å²) in [5.41, 5.74) is -0.419. The normalized spacial score (nSPS) is 12.5. The summed E-state index contributed by atoms with van der Waals surface area (Å²) in [4.78, 5) is 0. The maximum Gasteiger partial charge on any atom is 0.142 e. The molecule has 0 nitrogen and oxygen atoms in total. The summed E-state index contributed by atoms with van der Waals surface area (Å²) < 4.78 is 53.2. The van der Waals surface area contributed by atoms with Gasteiger partial charge in [0.1, 0.15) is 23.3 Å². The largest absolute Gasteiger partial charge is 0.207 e. The van der Waals surface area contributed by atoms with Crippen molar-refractivity contribution in [3.63, 3.8) is 0 Å². The Balaban J connectivity index is 2.49. The minimum Gasteiger partial charge on any atom is -0.207 e. The van der Waals surface area contributed by atoms with Gasteiger partial charge in [-0.1, -0.05) is 17.7 Å². The molecule has 1 unspecified atom stereocenters. The lowest BCUT2D eigenvalue weighted by molar-refractivity contribution is 0.525. The Morgan fingerprint density at radius 3 is 1.95 bits per heavy atom. The average molecular weight is 309 g/mol.